The molecule has 2 N–H and O–H groups in total. The van der Waals surface area contributed by atoms with Crippen LogP contribution in [0.15, 0.2) is 70.2 Å². The Morgan fingerprint density at radius 3 is 2.69 bits per heavy atom. The van der Waals surface area contributed by atoms with Gasteiger partial charge < -0.3 is 19.7 Å². The van der Waals surface area contributed by atoms with Crippen molar-refractivity contribution in [2.75, 3.05) is 4.90 Å². The first kappa shape index (κ1) is 21.6. The summed E-state index contributed by atoms with van der Waals surface area (Å²) < 4.78 is 19.5. The molecule has 4 rings (SSSR count). The fourth-order valence-electron chi connectivity index (χ4n) is 3.40. The number of carboxylic acid groups (broad SMARTS) is 1. The summed E-state index contributed by atoms with van der Waals surface area (Å²) in [5.74, 6) is -1.78. The van der Waals surface area contributed by atoms with Crippen LogP contribution in [0.3, 0.4) is 0 Å². The summed E-state index contributed by atoms with van der Waals surface area (Å²) in [6, 6.07) is 14.4. The lowest BCUT2D eigenvalue weighted by atomic mass is 10.1. The minimum absolute atomic E-state index is 0.0767. The molecule has 7 nitrogen and oxygen atoms in total. The molecule has 32 heavy (non-hydrogen) atoms. The standard InChI is InChI=1S/C23H19FN2O5S/c24-17-6-2-1-4-15(17)13-26-18-10-14(22(29)25-12-16-5-3-9-31-16)7-8-19(18)32-20(23(26)30)11-21(27)28/h1-10,20H,11-13H2,(H,25,29)(H,27,28). The van der Waals surface area contributed by atoms with E-state index in [4.69, 9.17) is 4.42 Å². The second kappa shape index (κ2) is 9.27. The molecule has 0 aliphatic carbocycles. The molecule has 0 fully saturated rings. The highest BCUT2D eigenvalue weighted by Crippen LogP contribution is 2.41. The second-order valence-electron chi connectivity index (χ2n) is 7.16. The molecule has 1 atom stereocenters. The first-order valence-electron chi connectivity index (χ1n) is 9.80. The van der Waals surface area contributed by atoms with Crippen LogP contribution in [0.4, 0.5) is 10.1 Å². The summed E-state index contributed by atoms with van der Waals surface area (Å²) in [6.45, 7) is 0.128. The molecule has 0 bridgehead atoms. The molecule has 1 aliphatic heterocycles. The number of nitrogens with one attached hydrogen (secondary N) is 1. The fourth-order valence-corrected chi connectivity index (χ4v) is 4.59. The summed E-state index contributed by atoms with van der Waals surface area (Å²) in [7, 11) is 0. The second-order valence-corrected chi connectivity index (χ2v) is 8.41. The topological polar surface area (TPSA) is 99.8 Å². The van der Waals surface area contributed by atoms with E-state index in [1.165, 1.54) is 17.2 Å². The summed E-state index contributed by atoms with van der Waals surface area (Å²) in [5.41, 5.74) is 1.05. The predicted molar refractivity (Wildman–Crippen MR) is 116 cm³/mol. The number of anilines is 1. The van der Waals surface area contributed by atoms with Crippen molar-refractivity contribution in [3.63, 3.8) is 0 Å². The van der Waals surface area contributed by atoms with Crippen molar-refractivity contribution in [1.82, 2.24) is 5.32 Å². The lowest BCUT2D eigenvalue weighted by molar-refractivity contribution is -0.138. The van der Waals surface area contributed by atoms with Crippen LogP contribution in [-0.2, 0) is 22.7 Å². The van der Waals surface area contributed by atoms with Gasteiger partial charge in [0, 0.05) is 16.0 Å². The molecule has 2 aromatic carbocycles. The molecule has 1 aliphatic rings. The number of nitrogens with zero attached hydrogens (tertiary/aromatic N) is 1. The average Bonchev–Trinajstić information content (AvgIpc) is 3.29. The van der Waals surface area contributed by atoms with Gasteiger partial charge in [-0.05, 0) is 36.4 Å². The third-order valence-electron chi connectivity index (χ3n) is 4.97. The third-order valence-corrected chi connectivity index (χ3v) is 6.22. The number of carbonyl (C=O) groups is 3. The average molecular weight is 454 g/mol. The number of benzene rings is 2. The molecular formula is C23H19FN2O5S. The van der Waals surface area contributed by atoms with Crippen molar-refractivity contribution in [2.45, 2.75) is 29.7 Å². The monoisotopic (exact) mass is 454 g/mol. The summed E-state index contributed by atoms with van der Waals surface area (Å²) in [6.07, 6.45) is 1.15. The van der Waals surface area contributed by atoms with Gasteiger partial charge >= 0.3 is 5.97 Å². The van der Waals surface area contributed by atoms with Crippen molar-refractivity contribution in [2.24, 2.45) is 0 Å². The summed E-state index contributed by atoms with van der Waals surface area (Å²) >= 11 is 1.13. The molecule has 0 saturated carbocycles. The van der Waals surface area contributed by atoms with E-state index in [9.17, 15) is 23.9 Å². The number of hydrogen-bond acceptors (Lipinski definition) is 5. The van der Waals surface area contributed by atoms with Gasteiger partial charge in [-0.15, -0.1) is 11.8 Å². The molecule has 0 radical (unpaired) electrons. The molecular weight excluding hydrogens is 435 g/mol. The van der Waals surface area contributed by atoms with Crippen molar-refractivity contribution >= 4 is 35.2 Å². The molecule has 3 aromatic rings. The van der Waals surface area contributed by atoms with E-state index >= 15 is 0 Å². The van der Waals surface area contributed by atoms with Crippen molar-refractivity contribution in [3.05, 3.63) is 83.6 Å². The molecule has 164 valence electrons. The molecule has 2 amide bonds. The Bertz CT molecular complexity index is 1160. The first-order chi connectivity index (χ1) is 15.4. The number of carbonyl (C=O) groups excluding carboxylic acids is 2. The van der Waals surface area contributed by atoms with E-state index in [0.717, 1.165) is 11.8 Å². The summed E-state index contributed by atoms with van der Waals surface area (Å²) in [4.78, 5) is 39.0. The highest BCUT2D eigenvalue weighted by atomic mass is 32.2. The Morgan fingerprint density at radius 1 is 1.16 bits per heavy atom. The Morgan fingerprint density at radius 2 is 1.97 bits per heavy atom. The van der Waals surface area contributed by atoms with E-state index in [1.807, 2.05) is 0 Å². The first-order valence-corrected chi connectivity index (χ1v) is 10.7. The van der Waals surface area contributed by atoms with Crippen LogP contribution >= 0.6 is 11.8 Å². The van der Waals surface area contributed by atoms with Crippen LogP contribution in [0, 0.1) is 5.82 Å². The van der Waals surface area contributed by atoms with Gasteiger partial charge in [0.2, 0.25) is 5.91 Å². The number of fused-ring (bicyclic) bond motifs is 1. The molecule has 0 spiro atoms. The number of rotatable bonds is 7. The number of halogens is 1. The van der Waals surface area contributed by atoms with Gasteiger partial charge in [0.25, 0.3) is 5.91 Å². The lowest BCUT2D eigenvalue weighted by Crippen LogP contribution is -2.41. The van der Waals surface area contributed by atoms with Gasteiger partial charge in [0.05, 0.1) is 36.7 Å². The van der Waals surface area contributed by atoms with Crippen LogP contribution in [-0.4, -0.2) is 28.1 Å². The van der Waals surface area contributed by atoms with Gasteiger partial charge in [0.15, 0.2) is 0 Å². The van der Waals surface area contributed by atoms with E-state index in [2.05, 4.69) is 5.32 Å². The normalized spacial score (nSPS) is 15.3. The number of furan rings is 1. The number of aliphatic carboxylic acids is 1. The number of thioether (sulfide) groups is 1. The van der Waals surface area contributed by atoms with E-state index in [1.54, 1.807) is 48.5 Å². The maximum absolute atomic E-state index is 14.3. The van der Waals surface area contributed by atoms with Crippen molar-refractivity contribution in [3.8, 4) is 0 Å². The van der Waals surface area contributed by atoms with Gasteiger partial charge in [-0.3, -0.25) is 14.4 Å². The van der Waals surface area contributed by atoms with Crippen molar-refractivity contribution < 1.29 is 28.3 Å². The van der Waals surface area contributed by atoms with Crippen LogP contribution in [0.25, 0.3) is 0 Å². The zero-order chi connectivity index (χ0) is 22.7. The van der Waals surface area contributed by atoms with Gasteiger partial charge in [-0.2, -0.15) is 0 Å². The number of amides is 2. The Labute approximate surface area is 187 Å². The number of carboxylic acids is 1. The largest absolute Gasteiger partial charge is 0.481 e. The third kappa shape index (κ3) is 4.67. The summed E-state index contributed by atoms with van der Waals surface area (Å²) in [5, 5.41) is 11.1. The Kier molecular flexibility index (Phi) is 6.27. The molecule has 1 aromatic heterocycles. The molecule has 2 heterocycles. The molecule has 0 saturated heterocycles. The van der Waals surface area contributed by atoms with E-state index < -0.39 is 22.9 Å². The zero-order valence-electron chi connectivity index (χ0n) is 16.8. The van der Waals surface area contributed by atoms with Gasteiger partial charge in [-0.25, -0.2) is 4.39 Å². The zero-order valence-corrected chi connectivity index (χ0v) is 17.6. The maximum Gasteiger partial charge on any atom is 0.305 e. The maximum atomic E-state index is 14.3. The highest BCUT2D eigenvalue weighted by molar-refractivity contribution is 8.01. The van der Waals surface area contributed by atoms with Gasteiger partial charge in [-0.1, -0.05) is 18.2 Å². The Hall–Kier alpha value is -3.59. The molecule has 1 unspecified atom stereocenters. The van der Waals surface area contributed by atoms with E-state index in [0.29, 0.717) is 27.5 Å². The van der Waals surface area contributed by atoms with Crippen LogP contribution in [0.2, 0.25) is 0 Å². The minimum Gasteiger partial charge on any atom is -0.481 e. The number of hydrogen-bond donors (Lipinski definition) is 2. The highest BCUT2D eigenvalue weighted by Gasteiger charge is 2.35. The SMILES string of the molecule is O=C(O)CC1Sc2ccc(C(=O)NCc3ccco3)cc2N(Cc2ccccc2F)C1=O. The quantitative estimate of drug-likeness (QED) is 0.563. The van der Waals surface area contributed by atoms with E-state index in [-0.39, 0.29) is 25.4 Å². The Balaban J connectivity index is 1.64. The van der Waals surface area contributed by atoms with Crippen LogP contribution in [0.1, 0.15) is 28.1 Å². The van der Waals surface area contributed by atoms with Gasteiger partial charge in [0.1, 0.15) is 11.6 Å². The smallest absolute Gasteiger partial charge is 0.305 e. The minimum atomic E-state index is -1.10. The van der Waals surface area contributed by atoms with Crippen LogP contribution in [0.5, 0.6) is 0 Å². The van der Waals surface area contributed by atoms with Crippen molar-refractivity contribution in [1.29, 1.82) is 0 Å². The lowest BCUT2D eigenvalue weighted by Gasteiger charge is -2.33. The molecule has 9 heteroatoms. The predicted octanol–water partition coefficient (Wildman–Crippen LogP) is 3.83. The fraction of sp³-hybridized carbons (Fsp3) is 0.174. The van der Waals surface area contributed by atoms with Crippen LogP contribution < -0.4 is 10.2 Å².